The number of rotatable bonds is 5. The van der Waals surface area contributed by atoms with Gasteiger partial charge in [0.1, 0.15) is 12.4 Å². The molecule has 0 aliphatic rings. The molecule has 0 atom stereocenters. The first-order valence-electron chi connectivity index (χ1n) is 7.15. The molecule has 0 saturated carbocycles. The first-order chi connectivity index (χ1) is 11.7. The Morgan fingerprint density at radius 1 is 1.21 bits per heavy atom. The lowest BCUT2D eigenvalue weighted by Crippen LogP contribution is -2.13. The molecule has 6 nitrogen and oxygen atoms in total. The first kappa shape index (κ1) is 15.8. The van der Waals surface area contributed by atoms with Crippen LogP contribution < -0.4 is 5.32 Å². The Bertz CT molecular complexity index is 864. The van der Waals surface area contributed by atoms with Crippen LogP contribution in [0.3, 0.4) is 0 Å². The third-order valence-corrected chi connectivity index (χ3v) is 3.22. The zero-order valence-corrected chi connectivity index (χ0v) is 12.8. The summed E-state index contributed by atoms with van der Waals surface area (Å²) in [5, 5.41) is 10.4. The standard InChI is InChI=1S/C17H14FN3O3/c1-23-10-15-20-21-17(24-15)11-5-4-6-12(9-11)19-16(22)13-7-2-3-8-14(13)18/h2-9H,10H2,1H3,(H,19,22). The van der Waals surface area contributed by atoms with Crippen LogP contribution in [0, 0.1) is 5.82 Å². The average Bonchev–Trinajstić information content (AvgIpc) is 3.04. The van der Waals surface area contributed by atoms with Crippen molar-refractivity contribution in [3.63, 3.8) is 0 Å². The minimum absolute atomic E-state index is 0.0249. The summed E-state index contributed by atoms with van der Waals surface area (Å²) in [6, 6.07) is 12.6. The maximum absolute atomic E-state index is 13.7. The van der Waals surface area contributed by atoms with Crippen LogP contribution in [0.4, 0.5) is 10.1 Å². The highest BCUT2D eigenvalue weighted by atomic mass is 19.1. The number of anilines is 1. The molecular weight excluding hydrogens is 313 g/mol. The van der Waals surface area contributed by atoms with Crippen molar-refractivity contribution in [3.8, 4) is 11.5 Å². The molecule has 1 heterocycles. The van der Waals surface area contributed by atoms with E-state index in [2.05, 4.69) is 15.5 Å². The monoisotopic (exact) mass is 327 g/mol. The second-order valence-electron chi connectivity index (χ2n) is 4.95. The van der Waals surface area contributed by atoms with E-state index in [1.165, 1.54) is 25.3 Å². The van der Waals surface area contributed by atoms with Gasteiger partial charge < -0.3 is 14.5 Å². The molecule has 1 aromatic heterocycles. The van der Waals surface area contributed by atoms with E-state index in [1.807, 2.05) is 0 Å². The lowest BCUT2D eigenvalue weighted by molar-refractivity contribution is 0.102. The molecule has 1 amide bonds. The van der Waals surface area contributed by atoms with Gasteiger partial charge in [-0.2, -0.15) is 0 Å². The van der Waals surface area contributed by atoms with Gasteiger partial charge in [0, 0.05) is 18.4 Å². The Balaban J connectivity index is 1.80. The van der Waals surface area contributed by atoms with Gasteiger partial charge in [-0.15, -0.1) is 10.2 Å². The number of hydrogen-bond acceptors (Lipinski definition) is 5. The number of benzene rings is 2. The molecule has 0 fully saturated rings. The van der Waals surface area contributed by atoms with Crippen LogP contribution in [-0.4, -0.2) is 23.2 Å². The first-order valence-corrected chi connectivity index (χ1v) is 7.15. The van der Waals surface area contributed by atoms with Crippen molar-refractivity contribution >= 4 is 11.6 Å². The van der Waals surface area contributed by atoms with Gasteiger partial charge in [-0.1, -0.05) is 18.2 Å². The normalized spacial score (nSPS) is 10.6. The van der Waals surface area contributed by atoms with Gasteiger partial charge in [0.25, 0.3) is 5.91 Å². The van der Waals surface area contributed by atoms with Gasteiger partial charge in [-0.25, -0.2) is 4.39 Å². The molecule has 0 unspecified atom stereocenters. The molecule has 0 aliphatic heterocycles. The summed E-state index contributed by atoms with van der Waals surface area (Å²) in [6.45, 7) is 0.219. The molecule has 2 aromatic carbocycles. The predicted octanol–water partition coefficient (Wildman–Crippen LogP) is 3.27. The van der Waals surface area contributed by atoms with Crippen LogP contribution in [0.5, 0.6) is 0 Å². The number of methoxy groups -OCH3 is 1. The summed E-state index contributed by atoms with van der Waals surface area (Å²) in [5.74, 6) is -0.444. The van der Waals surface area contributed by atoms with Crippen molar-refractivity contribution in [2.24, 2.45) is 0 Å². The largest absolute Gasteiger partial charge is 0.418 e. The van der Waals surface area contributed by atoms with Gasteiger partial charge in [0.05, 0.1) is 5.56 Å². The number of hydrogen-bond donors (Lipinski definition) is 1. The number of amides is 1. The van der Waals surface area contributed by atoms with Gasteiger partial charge in [-0.3, -0.25) is 4.79 Å². The van der Waals surface area contributed by atoms with Crippen molar-refractivity contribution in [1.29, 1.82) is 0 Å². The lowest BCUT2D eigenvalue weighted by atomic mass is 10.1. The Hall–Kier alpha value is -3.06. The van der Waals surface area contributed by atoms with Crippen LogP contribution in [0.15, 0.2) is 52.9 Å². The van der Waals surface area contributed by atoms with E-state index in [0.29, 0.717) is 23.0 Å². The van der Waals surface area contributed by atoms with Crippen LogP contribution in [0.1, 0.15) is 16.2 Å². The molecule has 122 valence electrons. The number of halogens is 1. The quantitative estimate of drug-likeness (QED) is 0.778. The summed E-state index contributed by atoms with van der Waals surface area (Å²) in [7, 11) is 1.53. The second-order valence-corrected chi connectivity index (χ2v) is 4.95. The number of nitrogens with zero attached hydrogens (tertiary/aromatic N) is 2. The van der Waals surface area contributed by atoms with Crippen LogP contribution in [-0.2, 0) is 11.3 Å². The highest BCUT2D eigenvalue weighted by molar-refractivity contribution is 6.04. The van der Waals surface area contributed by atoms with Crippen molar-refractivity contribution in [2.45, 2.75) is 6.61 Å². The number of aromatic nitrogens is 2. The number of ether oxygens (including phenoxy) is 1. The topological polar surface area (TPSA) is 77.3 Å². The smallest absolute Gasteiger partial charge is 0.258 e. The van der Waals surface area contributed by atoms with Gasteiger partial charge in [-0.05, 0) is 30.3 Å². The second kappa shape index (κ2) is 7.01. The maximum atomic E-state index is 13.7. The van der Waals surface area contributed by atoms with E-state index in [0.717, 1.165) is 0 Å². The number of nitrogens with one attached hydrogen (secondary N) is 1. The molecule has 24 heavy (non-hydrogen) atoms. The van der Waals surface area contributed by atoms with Crippen LogP contribution >= 0.6 is 0 Å². The van der Waals surface area contributed by atoms with Gasteiger partial charge >= 0.3 is 0 Å². The fourth-order valence-electron chi connectivity index (χ4n) is 2.13. The fraction of sp³-hybridized carbons (Fsp3) is 0.118. The third-order valence-electron chi connectivity index (χ3n) is 3.22. The minimum Gasteiger partial charge on any atom is -0.418 e. The van der Waals surface area contributed by atoms with Crippen molar-refractivity contribution in [3.05, 3.63) is 65.8 Å². The Morgan fingerprint density at radius 3 is 2.83 bits per heavy atom. The van der Waals surface area contributed by atoms with Crippen molar-refractivity contribution in [1.82, 2.24) is 10.2 Å². The lowest BCUT2D eigenvalue weighted by Gasteiger charge is -2.07. The summed E-state index contributed by atoms with van der Waals surface area (Å²) in [5.41, 5.74) is 1.10. The summed E-state index contributed by atoms with van der Waals surface area (Å²) in [6.07, 6.45) is 0. The summed E-state index contributed by atoms with van der Waals surface area (Å²) < 4.78 is 24.0. The zero-order valence-electron chi connectivity index (χ0n) is 12.8. The highest BCUT2D eigenvalue weighted by Crippen LogP contribution is 2.22. The van der Waals surface area contributed by atoms with Gasteiger partial charge in [0.2, 0.25) is 11.8 Å². The molecule has 3 rings (SSSR count). The Labute approximate surface area is 137 Å². The molecule has 3 aromatic rings. The summed E-state index contributed by atoms with van der Waals surface area (Å²) >= 11 is 0. The molecule has 0 bridgehead atoms. The third kappa shape index (κ3) is 3.47. The molecule has 7 heteroatoms. The number of carbonyl (C=O) groups excluding carboxylic acids is 1. The molecule has 0 aliphatic carbocycles. The van der Waals surface area contributed by atoms with Crippen LogP contribution in [0.2, 0.25) is 0 Å². The predicted molar refractivity (Wildman–Crippen MR) is 84.8 cm³/mol. The van der Waals surface area contributed by atoms with E-state index in [4.69, 9.17) is 9.15 Å². The van der Waals surface area contributed by atoms with Gasteiger partial charge in [0.15, 0.2) is 0 Å². The molecule has 0 radical (unpaired) electrons. The van der Waals surface area contributed by atoms with Crippen molar-refractivity contribution < 1.29 is 18.3 Å². The summed E-state index contributed by atoms with van der Waals surface area (Å²) in [4.78, 5) is 12.2. The molecule has 0 saturated heterocycles. The highest BCUT2D eigenvalue weighted by Gasteiger charge is 2.13. The van der Waals surface area contributed by atoms with E-state index < -0.39 is 11.7 Å². The number of carbonyl (C=O) groups is 1. The Kier molecular flexibility index (Phi) is 4.62. The molecule has 0 spiro atoms. The van der Waals surface area contributed by atoms with E-state index in [1.54, 1.807) is 30.3 Å². The SMILES string of the molecule is COCc1nnc(-c2cccc(NC(=O)c3ccccc3F)c2)o1. The molecular formula is C17H14FN3O3. The zero-order chi connectivity index (χ0) is 16.9. The maximum Gasteiger partial charge on any atom is 0.258 e. The fourth-order valence-corrected chi connectivity index (χ4v) is 2.13. The van der Waals surface area contributed by atoms with E-state index in [-0.39, 0.29) is 12.2 Å². The van der Waals surface area contributed by atoms with E-state index >= 15 is 0 Å². The molecule has 1 N–H and O–H groups in total. The van der Waals surface area contributed by atoms with Crippen molar-refractivity contribution in [2.75, 3.05) is 12.4 Å². The van der Waals surface area contributed by atoms with E-state index in [9.17, 15) is 9.18 Å². The Morgan fingerprint density at radius 2 is 2.04 bits per heavy atom. The minimum atomic E-state index is -0.577. The average molecular weight is 327 g/mol. The van der Waals surface area contributed by atoms with Crippen LogP contribution in [0.25, 0.3) is 11.5 Å².